The summed E-state index contributed by atoms with van der Waals surface area (Å²) in [5.41, 5.74) is 5.12. The zero-order valence-corrected chi connectivity index (χ0v) is 19.7. The molecule has 2 heterocycles. The molecular formula is C28H26N6O. The summed E-state index contributed by atoms with van der Waals surface area (Å²) in [5, 5.41) is 16.4. The quantitative estimate of drug-likeness (QED) is 0.408. The Morgan fingerprint density at radius 1 is 1.11 bits per heavy atom. The van der Waals surface area contributed by atoms with Gasteiger partial charge in [-0.25, -0.2) is 9.97 Å². The first-order valence-corrected chi connectivity index (χ1v) is 11.7. The van der Waals surface area contributed by atoms with Crippen LogP contribution in [0.1, 0.15) is 47.2 Å². The average molecular weight is 463 g/mol. The molecular weight excluding hydrogens is 436 g/mol. The van der Waals surface area contributed by atoms with E-state index in [1.807, 2.05) is 42.5 Å². The van der Waals surface area contributed by atoms with Crippen LogP contribution in [0.25, 0.3) is 22.2 Å². The van der Waals surface area contributed by atoms with Crippen LogP contribution in [0.3, 0.4) is 0 Å². The molecule has 2 N–H and O–H groups in total. The zero-order chi connectivity index (χ0) is 24.4. The second-order valence-electron chi connectivity index (χ2n) is 9.02. The number of hydrogen-bond donors (Lipinski definition) is 2. The molecule has 2 aromatic carbocycles. The van der Waals surface area contributed by atoms with Gasteiger partial charge in [0.1, 0.15) is 12.1 Å². The number of pyridine rings is 1. The third-order valence-electron chi connectivity index (χ3n) is 6.76. The van der Waals surface area contributed by atoms with Gasteiger partial charge in [0.15, 0.2) is 0 Å². The summed E-state index contributed by atoms with van der Waals surface area (Å²) in [6.45, 7) is 2.77. The van der Waals surface area contributed by atoms with Crippen molar-refractivity contribution >= 4 is 22.6 Å². The predicted octanol–water partition coefficient (Wildman–Crippen LogP) is 4.82. The smallest absolute Gasteiger partial charge is 0.251 e. The third-order valence-corrected chi connectivity index (χ3v) is 6.76. The molecule has 0 radical (unpaired) electrons. The van der Waals surface area contributed by atoms with Gasteiger partial charge in [-0.1, -0.05) is 49.4 Å². The number of benzene rings is 2. The van der Waals surface area contributed by atoms with Crippen molar-refractivity contribution in [3.8, 4) is 17.3 Å². The maximum Gasteiger partial charge on any atom is 0.251 e. The second kappa shape index (κ2) is 9.15. The second-order valence-corrected chi connectivity index (χ2v) is 9.02. The van der Waals surface area contributed by atoms with E-state index in [4.69, 9.17) is 0 Å². The first-order valence-electron chi connectivity index (χ1n) is 11.7. The highest BCUT2D eigenvalue weighted by atomic mass is 16.1. The van der Waals surface area contributed by atoms with Crippen molar-refractivity contribution < 1.29 is 4.79 Å². The molecule has 7 heteroatoms. The van der Waals surface area contributed by atoms with Gasteiger partial charge in [0.2, 0.25) is 0 Å². The number of para-hydroxylation sites is 1. The molecule has 174 valence electrons. The number of hydrogen-bond acceptors (Lipinski definition) is 6. The molecule has 0 unspecified atom stereocenters. The molecule has 0 bridgehead atoms. The number of nitrogens with zero attached hydrogens (tertiary/aromatic N) is 4. The van der Waals surface area contributed by atoms with Crippen molar-refractivity contribution in [2.24, 2.45) is 0 Å². The summed E-state index contributed by atoms with van der Waals surface area (Å²) in [6, 6.07) is 20.2. The van der Waals surface area contributed by atoms with Gasteiger partial charge < -0.3 is 10.6 Å². The van der Waals surface area contributed by atoms with E-state index < -0.39 is 0 Å². The molecule has 2 aromatic heterocycles. The van der Waals surface area contributed by atoms with Crippen molar-refractivity contribution in [1.82, 2.24) is 20.3 Å². The molecule has 4 aromatic rings. The van der Waals surface area contributed by atoms with Gasteiger partial charge in [0.25, 0.3) is 5.91 Å². The van der Waals surface area contributed by atoms with Crippen LogP contribution in [0.2, 0.25) is 0 Å². The molecule has 1 aliphatic carbocycles. The molecule has 1 fully saturated rings. The molecule has 1 aliphatic rings. The SMILES string of the molecule is CNC(=O)c1ccnc2c([C@H](C)CNc3cc(-c4ccc(C5(C#N)CC5)cc4)ncn3)cccc12. The van der Waals surface area contributed by atoms with Gasteiger partial charge in [-0.15, -0.1) is 0 Å². The van der Waals surface area contributed by atoms with Crippen molar-refractivity contribution in [1.29, 1.82) is 5.26 Å². The number of fused-ring (bicyclic) bond motifs is 1. The van der Waals surface area contributed by atoms with Gasteiger partial charge in [-0.05, 0) is 30.0 Å². The Labute approximate surface area is 204 Å². The molecule has 0 saturated heterocycles. The number of nitrogens with one attached hydrogen (secondary N) is 2. The fraction of sp³-hybridized carbons (Fsp3) is 0.250. The highest BCUT2D eigenvalue weighted by Crippen LogP contribution is 2.47. The lowest BCUT2D eigenvalue weighted by Gasteiger charge is -2.16. The summed E-state index contributed by atoms with van der Waals surface area (Å²) < 4.78 is 0. The lowest BCUT2D eigenvalue weighted by Crippen LogP contribution is -2.18. The normalized spacial score (nSPS) is 14.7. The highest BCUT2D eigenvalue weighted by Gasteiger charge is 2.44. The van der Waals surface area contributed by atoms with Gasteiger partial charge in [-0.3, -0.25) is 9.78 Å². The van der Waals surface area contributed by atoms with E-state index in [0.29, 0.717) is 12.1 Å². The number of nitriles is 1. The van der Waals surface area contributed by atoms with Crippen LogP contribution in [0.15, 0.2) is 67.1 Å². The van der Waals surface area contributed by atoms with Crippen molar-refractivity contribution in [3.63, 3.8) is 0 Å². The van der Waals surface area contributed by atoms with Crippen molar-refractivity contribution in [2.45, 2.75) is 31.1 Å². The Balaban J connectivity index is 1.33. The molecule has 5 rings (SSSR count). The first-order chi connectivity index (χ1) is 17.0. The van der Waals surface area contributed by atoms with Crippen LogP contribution >= 0.6 is 0 Å². The first kappa shape index (κ1) is 22.5. The minimum absolute atomic E-state index is 0.123. The molecule has 0 spiro atoms. The maximum atomic E-state index is 12.3. The van der Waals surface area contributed by atoms with E-state index >= 15 is 0 Å². The van der Waals surface area contributed by atoms with Crippen LogP contribution in [0.4, 0.5) is 5.82 Å². The molecule has 1 amide bonds. The summed E-state index contributed by atoms with van der Waals surface area (Å²) >= 11 is 0. The number of carbonyl (C=O) groups excluding carboxylic acids is 1. The molecule has 35 heavy (non-hydrogen) atoms. The fourth-order valence-electron chi connectivity index (χ4n) is 4.46. The Morgan fingerprint density at radius 3 is 2.63 bits per heavy atom. The monoisotopic (exact) mass is 462 g/mol. The van der Waals surface area contributed by atoms with Crippen LogP contribution < -0.4 is 10.6 Å². The minimum atomic E-state index is -0.287. The van der Waals surface area contributed by atoms with Crippen molar-refractivity contribution in [3.05, 3.63) is 83.8 Å². The lowest BCUT2D eigenvalue weighted by molar-refractivity contribution is 0.0964. The molecule has 1 atom stereocenters. The Bertz CT molecular complexity index is 1440. The van der Waals surface area contributed by atoms with Gasteiger partial charge >= 0.3 is 0 Å². The Kier molecular flexibility index (Phi) is 5.87. The van der Waals surface area contributed by atoms with E-state index in [0.717, 1.165) is 51.9 Å². The highest BCUT2D eigenvalue weighted by molar-refractivity contribution is 6.06. The lowest BCUT2D eigenvalue weighted by atomic mass is 9.96. The van der Waals surface area contributed by atoms with E-state index in [-0.39, 0.29) is 17.2 Å². The topological polar surface area (TPSA) is 104 Å². The fourth-order valence-corrected chi connectivity index (χ4v) is 4.46. The standard InChI is InChI=1S/C28H26N6O/c1-18(21-4-3-5-22-23(27(35)30-2)10-13-31-26(21)22)15-32-25-14-24(33-17-34-25)19-6-8-20(9-7-19)28(16-29)11-12-28/h3-10,13-14,17-18H,11-12,15H2,1-2H3,(H,30,35)(H,32,33,34)/t18-/m1/s1. The van der Waals surface area contributed by atoms with Crippen LogP contribution in [-0.2, 0) is 5.41 Å². The van der Waals surface area contributed by atoms with E-state index in [1.165, 1.54) is 0 Å². The van der Waals surface area contributed by atoms with Crippen LogP contribution in [-0.4, -0.2) is 34.5 Å². The predicted molar refractivity (Wildman–Crippen MR) is 136 cm³/mol. The Hall–Kier alpha value is -4.31. The number of amides is 1. The number of anilines is 1. The number of rotatable bonds is 7. The van der Waals surface area contributed by atoms with Crippen LogP contribution in [0, 0.1) is 11.3 Å². The van der Waals surface area contributed by atoms with Crippen LogP contribution in [0.5, 0.6) is 0 Å². The van der Waals surface area contributed by atoms with Gasteiger partial charge in [0, 0.05) is 42.7 Å². The summed E-state index contributed by atoms with van der Waals surface area (Å²) in [7, 11) is 1.63. The van der Waals surface area contributed by atoms with E-state index in [1.54, 1.807) is 25.6 Å². The zero-order valence-electron chi connectivity index (χ0n) is 19.7. The maximum absolute atomic E-state index is 12.3. The third kappa shape index (κ3) is 4.31. The van der Waals surface area contributed by atoms with Crippen molar-refractivity contribution in [2.75, 3.05) is 18.9 Å². The number of aromatic nitrogens is 3. The molecule has 1 saturated carbocycles. The van der Waals surface area contributed by atoms with Gasteiger partial charge in [0.05, 0.1) is 28.3 Å². The summed E-state index contributed by atoms with van der Waals surface area (Å²) in [5.74, 6) is 0.743. The Morgan fingerprint density at radius 2 is 1.91 bits per heavy atom. The molecule has 7 nitrogen and oxygen atoms in total. The summed E-state index contributed by atoms with van der Waals surface area (Å²) in [6.07, 6.45) is 5.10. The van der Waals surface area contributed by atoms with E-state index in [2.05, 4.69) is 44.6 Å². The van der Waals surface area contributed by atoms with Gasteiger partial charge in [-0.2, -0.15) is 5.26 Å². The largest absolute Gasteiger partial charge is 0.369 e. The molecule has 0 aliphatic heterocycles. The minimum Gasteiger partial charge on any atom is -0.369 e. The average Bonchev–Trinajstić information content (AvgIpc) is 3.72. The number of carbonyl (C=O) groups is 1. The van der Waals surface area contributed by atoms with E-state index in [9.17, 15) is 10.1 Å². The summed E-state index contributed by atoms with van der Waals surface area (Å²) in [4.78, 5) is 25.7.